The van der Waals surface area contributed by atoms with Crippen LogP contribution in [0.15, 0.2) is 67.0 Å². The Balaban J connectivity index is 1.73. The zero-order valence-electron chi connectivity index (χ0n) is 13.8. The van der Waals surface area contributed by atoms with Gasteiger partial charge < -0.3 is 14.8 Å². The van der Waals surface area contributed by atoms with E-state index in [1.807, 2.05) is 12.1 Å². The topological polar surface area (TPSA) is 58.1 Å². The van der Waals surface area contributed by atoms with E-state index in [-0.39, 0.29) is 11.5 Å². The quantitative estimate of drug-likeness (QED) is 0.501. The molecular formula is C20H13F3N2O2. The summed E-state index contributed by atoms with van der Waals surface area (Å²) < 4.78 is 40.8. The summed E-state index contributed by atoms with van der Waals surface area (Å²) >= 11 is 0. The number of aromatic nitrogens is 2. The highest BCUT2D eigenvalue weighted by Gasteiger charge is 2.31. The van der Waals surface area contributed by atoms with Crippen LogP contribution in [-0.2, 0) is 0 Å². The van der Waals surface area contributed by atoms with E-state index >= 15 is 0 Å². The summed E-state index contributed by atoms with van der Waals surface area (Å²) in [6.07, 6.45) is -1.27. The van der Waals surface area contributed by atoms with Gasteiger partial charge in [-0.25, -0.2) is 4.98 Å². The third-order valence-electron chi connectivity index (χ3n) is 4.11. The average Bonchev–Trinajstić information content (AvgIpc) is 3.04. The molecule has 4 nitrogen and oxygen atoms in total. The van der Waals surface area contributed by atoms with Crippen molar-refractivity contribution < 1.29 is 23.0 Å². The highest BCUT2D eigenvalue weighted by atomic mass is 19.4. The Bertz CT molecular complexity index is 1100. The number of hydrogen-bond donors (Lipinski definition) is 2. The maximum Gasteiger partial charge on any atom is 0.573 e. The molecule has 2 heterocycles. The number of halogens is 3. The fraction of sp³-hybridized carbons (Fsp3) is 0.0500. The second-order valence-corrected chi connectivity index (χ2v) is 5.95. The second-order valence-electron chi connectivity index (χ2n) is 5.95. The predicted molar refractivity (Wildman–Crippen MR) is 95.3 cm³/mol. The van der Waals surface area contributed by atoms with Gasteiger partial charge in [0.05, 0.1) is 0 Å². The van der Waals surface area contributed by atoms with Crippen molar-refractivity contribution in [3.8, 4) is 33.8 Å². The molecule has 136 valence electrons. The van der Waals surface area contributed by atoms with E-state index in [0.717, 1.165) is 27.6 Å². The third kappa shape index (κ3) is 3.57. The van der Waals surface area contributed by atoms with Crippen LogP contribution in [0.2, 0.25) is 0 Å². The summed E-state index contributed by atoms with van der Waals surface area (Å²) in [7, 11) is 0. The van der Waals surface area contributed by atoms with Crippen molar-refractivity contribution in [1.29, 1.82) is 0 Å². The number of nitrogens with one attached hydrogen (secondary N) is 1. The molecule has 2 aromatic heterocycles. The zero-order valence-corrected chi connectivity index (χ0v) is 13.8. The van der Waals surface area contributed by atoms with Gasteiger partial charge in [-0.2, -0.15) is 0 Å². The van der Waals surface area contributed by atoms with Gasteiger partial charge in [0.15, 0.2) is 0 Å². The highest BCUT2D eigenvalue weighted by molar-refractivity contribution is 5.95. The van der Waals surface area contributed by atoms with Crippen LogP contribution in [0.25, 0.3) is 33.3 Å². The van der Waals surface area contributed by atoms with Gasteiger partial charge >= 0.3 is 6.36 Å². The SMILES string of the molecule is Oc1cccc(-c2cnc3[nH]cc(-c4ccc(OC(F)(F)F)cc4)c3c2)c1. The molecule has 2 N–H and O–H groups in total. The molecule has 0 atom stereocenters. The molecule has 0 amide bonds. The maximum atomic E-state index is 12.3. The Morgan fingerprint density at radius 2 is 1.70 bits per heavy atom. The predicted octanol–water partition coefficient (Wildman–Crippen LogP) is 5.50. The van der Waals surface area contributed by atoms with Gasteiger partial charge in [-0.3, -0.25) is 0 Å². The molecule has 0 saturated carbocycles. The Morgan fingerprint density at radius 1 is 0.926 bits per heavy atom. The van der Waals surface area contributed by atoms with Crippen LogP contribution in [-0.4, -0.2) is 21.4 Å². The fourth-order valence-corrected chi connectivity index (χ4v) is 2.92. The summed E-state index contributed by atoms with van der Waals surface area (Å²) in [5, 5.41) is 10.5. The first-order valence-corrected chi connectivity index (χ1v) is 8.02. The van der Waals surface area contributed by atoms with E-state index in [2.05, 4.69) is 14.7 Å². The summed E-state index contributed by atoms with van der Waals surface area (Å²) in [6.45, 7) is 0. The number of phenolic OH excluding ortho intramolecular Hbond substituents is 1. The molecule has 0 saturated heterocycles. The molecule has 2 aromatic carbocycles. The van der Waals surface area contributed by atoms with Gasteiger partial charge in [-0.05, 0) is 41.5 Å². The minimum atomic E-state index is -4.72. The molecule has 27 heavy (non-hydrogen) atoms. The van der Waals surface area contributed by atoms with Gasteiger partial charge in [0.1, 0.15) is 17.1 Å². The Kier molecular flexibility index (Phi) is 3.99. The summed E-state index contributed by atoms with van der Waals surface area (Å²) in [5.74, 6) is -0.119. The molecule has 0 spiro atoms. The van der Waals surface area contributed by atoms with E-state index in [9.17, 15) is 18.3 Å². The Morgan fingerprint density at radius 3 is 2.41 bits per heavy atom. The summed E-state index contributed by atoms with van der Waals surface area (Å²) in [4.78, 5) is 7.45. The van der Waals surface area contributed by atoms with Gasteiger partial charge in [0.25, 0.3) is 0 Å². The first kappa shape index (κ1) is 17.0. The lowest BCUT2D eigenvalue weighted by Gasteiger charge is -2.09. The number of nitrogens with zero attached hydrogens (tertiary/aromatic N) is 1. The fourth-order valence-electron chi connectivity index (χ4n) is 2.92. The van der Waals surface area contributed by atoms with Crippen molar-refractivity contribution in [1.82, 2.24) is 9.97 Å². The number of H-pyrrole nitrogens is 1. The molecule has 0 bridgehead atoms. The van der Waals surface area contributed by atoms with E-state index in [0.29, 0.717) is 5.65 Å². The van der Waals surface area contributed by atoms with Gasteiger partial charge in [0.2, 0.25) is 0 Å². The molecular weight excluding hydrogens is 357 g/mol. The highest BCUT2D eigenvalue weighted by Crippen LogP contribution is 2.33. The number of rotatable bonds is 3. The van der Waals surface area contributed by atoms with Crippen LogP contribution in [0.4, 0.5) is 13.2 Å². The first-order valence-electron chi connectivity index (χ1n) is 8.02. The standard InChI is InChI=1S/C20H13F3N2O2/c21-20(22,23)27-16-6-4-12(5-7-16)18-11-25-19-17(18)9-14(10-24-19)13-2-1-3-15(26)8-13/h1-11,26H,(H,24,25). The number of pyridine rings is 1. The van der Waals surface area contributed by atoms with Crippen LogP contribution in [0, 0.1) is 0 Å². The van der Waals surface area contributed by atoms with E-state index in [4.69, 9.17) is 0 Å². The number of ether oxygens (including phenoxy) is 1. The van der Waals surface area contributed by atoms with Crippen molar-refractivity contribution in [2.24, 2.45) is 0 Å². The van der Waals surface area contributed by atoms with Crippen LogP contribution in [0.5, 0.6) is 11.5 Å². The molecule has 0 fully saturated rings. The minimum absolute atomic E-state index is 0.155. The Labute approximate surface area is 151 Å². The lowest BCUT2D eigenvalue weighted by atomic mass is 10.0. The molecule has 4 aromatic rings. The molecule has 0 aliphatic carbocycles. The van der Waals surface area contributed by atoms with E-state index in [1.165, 1.54) is 12.1 Å². The molecule has 0 radical (unpaired) electrons. The molecule has 7 heteroatoms. The lowest BCUT2D eigenvalue weighted by molar-refractivity contribution is -0.274. The number of alkyl halides is 3. The minimum Gasteiger partial charge on any atom is -0.508 e. The van der Waals surface area contributed by atoms with Gasteiger partial charge in [-0.15, -0.1) is 13.2 Å². The molecule has 4 rings (SSSR count). The van der Waals surface area contributed by atoms with Gasteiger partial charge in [0, 0.05) is 28.9 Å². The monoisotopic (exact) mass is 370 g/mol. The number of hydrogen-bond acceptors (Lipinski definition) is 3. The van der Waals surface area contributed by atoms with E-state index in [1.54, 1.807) is 42.7 Å². The largest absolute Gasteiger partial charge is 0.573 e. The smallest absolute Gasteiger partial charge is 0.508 e. The first-order chi connectivity index (χ1) is 12.9. The Hall–Kier alpha value is -3.48. The zero-order chi connectivity index (χ0) is 19.0. The van der Waals surface area contributed by atoms with Crippen molar-refractivity contribution in [3.05, 3.63) is 67.0 Å². The number of phenols is 1. The molecule has 0 aliphatic heterocycles. The number of aromatic amines is 1. The lowest BCUT2D eigenvalue weighted by Crippen LogP contribution is -2.16. The van der Waals surface area contributed by atoms with Crippen molar-refractivity contribution >= 4 is 11.0 Å². The van der Waals surface area contributed by atoms with Crippen molar-refractivity contribution in [2.45, 2.75) is 6.36 Å². The van der Waals surface area contributed by atoms with Gasteiger partial charge in [-0.1, -0.05) is 24.3 Å². The van der Waals surface area contributed by atoms with E-state index < -0.39 is 6.36 Å². The normalized spacial score (nSPS) is 11.7. The van der Waals surface area contributed by atoms with Crippen LogP contribution < -0.4 is 4.74 Å². The summed E-state index contributed by atoms with van der Waals surface area (Å²) in [6, 6.07) is 14.4. The third-order valence-corrected chi connectivity index (χ3v) is 4.11. The van der Waals surface area contributed by atoms with Crippen molar-refractivity contribution in [3.63, 3.8) is 0 Å². The van der Waals surface area contributed by atoms with Crippen LogP contribution >= 0.6 is 0 Å². The maximum absolute atomic E-state index is 12.3. The number of benzene rings is 2. The summed E-state index contributed by atoms with van der Waals surface area (Å²) in [5.41, 5.74) is 3.81. The molecule has 0 unspecified atom stereocenters. The second kappa shape index (κ2) is 6.35. The molecule has 0 aliphatic rings. The number of fused-ring (bicyclic) bond motifs is 1. The number of aromatic hydroxyl groups is 1. The van der Waals surface area contributed by atoms with Crippen LogP contribution in [0.1, 0.15) is 0 Å². The average molecular weight is 370 g/mol. The van der Waals surface area contributed by atoms with Crippen LogP contribution in [0.3, 0.4) is 0 Å². The van der Waals surface area contributed by atoms with Crippen molar-refractivity contribution in [2.75, 3.05) is 0 Å².